The summed E-state index contributed by atoms with van der Waals surface area (Å²) < 4.78 is 2.80. The first-order chi connectivity index (χ1) is 10.7. The van der Waals surface area contributed by atoms with Gasteiger partial charge in [-0.15, -0.1) is 0 Å². The van der Waals surface area contributed by atoms with Gasteiger partial charge in [0, 0.05) is 22.1 Å². The fourth-order valence-electron chi connectivity index (χ4n) is 2.74. The van der Waals surface area contributed by atoms with Gasteiger partial charge in [0.1, 0.15) is 0 Å². The molecule has 108 valence electrons. The predicted molar refractivity (Wildman–Crippen MR) is 88.6 cm³/mol. The van der Waals surface area contributed by atoms with Crippen LogP contribution in [-0.2, 0) is 13.0 Å². The number of hydrogen-bond acceptors (Lipinski definition) is 3. The molecule has 5 heteroatoms. The molecule has 1 aromatic heterocycles. The van der Waals surface area contributed by atoms with E-state index in [1.807, 2.05) is 47.1 Å². The lowest BCUT2D eigenvalue weighted by Gasteiger charge is -2.20. The molecular formula is C17H12BrN3O. The number of halogens is 1. The lowest BCUT2D eigenvalue weighted by atomic mass is 10.0. The van der Waals surface area contributed by atoms with Gasteiger partial charge < -0.3 is 0 Å². The van der Waals surface area contributed by atoms with Gasteiger partial charge >= 0.3 is 0 Å². The third-order valence-electron chi connectivity index (χ3n) is 3.84. The maximum atomic E-state index is 12.4. The SMILES string of the molecule is O=c1nc2n(nc1-c1ccc(Br)cc1)CCc1ccccc1-2. The second-order valence-electron chi connectivity index (χ2n) is 5.23. The van der Waals surface area contributed by atoms with Gasteiger partial charge in [-0.3, -0.25) is 4.79 Å². The van der Waals surface area contributed by atoms with E-state index in [9.17, 15) is 4.79 Å². The Morgan fingerprint density at radius 1 is 1.05 bits per heavy atom. The van der Waals surface area contributed by atoms with Crippen LogP contribution in [0.4, 0.5) is 0 Å². The van der Waals surface area contributed by atoms with Crippen LogP contribution in [0.2, 0.25) is 0 Å². The van der Waals surface area contributed by atoms with Crippen LogP contribution >= 0.6 is 15.9 Å². The molecule has 0 saturated heterocycles. The van der Waals surface area contributed by atoms with E-state index in [4.69, 9.17) is 0 Å². The average molecular weight is 354 g/mol. The van der Waals surface area contributed by atoms with Crippen LogP contribution in [0, 0.1) is 0 Å². The lowest BCUT2D eigenvalue weighted by Crippen LogP contribution is -2.24. The fourth-order valence-corrected chi connectivity index (χ4v) is 3.01. The monoisotopic (exact) mass is 353 g/mol. The fraction of sp³-hybridized carbons (Fsp3) is 0.118. The molecule has 0 unspecified atom stereocenters. The third-order valence-corrected chi connectivity index (χ3v) is 4.37. The molecule has 0 aliphatic carbocycles. The average Bonchev–Trinajstić information content (AvgIpc) is 2.55. The van der Waals surface area contributed by atoms with Crippen LogP contribution in [0.25, 0.3) is 22.6 Å². The van der Waals surface area contributed by atoms with Crippen molar-refractivity contribution in [3.63, 3.8) is 0 Å². The first kappa shape index (κ1) is 13.4. The molecule has 0 spiro atoms. The summed E-state index contributed by atoms with van der Waals surface area (Å²) in [6.07, 6.45) is 0.903. The molecule has 1 aliphatic rings. The van der Waals surface area contributed by atoms with Crippen molar-refractivity contribution in [2.45, 2.75) is 13.0 Å². The van der Waals surface area contributed by atoms with Crippen molar-refractivity contribution in [1.29, 1.82) is 0 Å². The minimum absolute atomic E-state index is 0.287. The summed E-state index contributed by atoms with van der Waals surface area (Å²) in [5.74, 6) is 0.660. The van der Waals surface area contributed by atoms with E-state index in [1.165, 1.54) is 5.56 Å². The Labute approximate surface area is 135 Å². The van der Waals surface area contributed by atoms with Crippen LogP contribution in [-0.4, -0.2) is 14.8 Å². The van der Waals surface area contributed by atoms with Gasteiger partial charge in [-0.1, -0.05) is 52.3 Å². The highest BCUT2D eigenvalue weighted by Crippen LogP contribution is 2.26. The lowest BCUT2D eigenvalue weighted by molar-refractivity contribution is 0.578. The minimum atomic E-state index is -0.287. The Bertz CT molecular complexity index is 916. The molecule has 2 heterocycles. The highest BCUT2D eigenvalue weighted by Gasteiger charge is 2.19. The summed E-state index contributed by atoms with van der Waals surface area (Å²) in [6.45, 7) is 0.739. The molecule has 3 aromatic rings. The molecule has 0 N–H and O–H groups in total. The number of nitrogens with zero attached hydrogens (tertiary/aromatic N) is 3. The Balaban J connectivity index is 1.90. The van der Waals surface area contributed by atoms with Crippen molar-refractivity contribution < 1.29 is 0 Å². The second kappa shape index (κ2) is 5.18. The molecular weight excluding hydrogens is 342 g/mol. The molecule has 22 heavy (non-hydrogen) atoms. The number of aryl methyl sites for hydroxylation is 2. The summed E-state index contributed by atoms with van der Waals surface area (Å²) in [5.41, 5.74) is 3.11. The van der Waals surface area contributed by atoms with Crippen molar-refractivity contribution in [3.05, 3.63) is 68.9 Å². The predicted octanol–water partition coefficient (Wildman–Crippen LogP) is 3.29. The number of aromatic nitrogens is 3. The van der Waals surface area contributed by atoms with Gasteiger partial charge in [0.15, 0.2) is 11.5 Å². The largest absolute Gasteiger partial charge is 0.300 e. The summed E-state index contributed by atoms with van der Waals surface area (Å²) in [6, 6.07) is 15.6. The minimum Gasteiger partial charge on any atom is -0.265 e. The van der Waals surface area contributed by atoms with E-state index in [1.54, 1.807) is 0 Å². The molecule has 1 aliphatic heterocycles. The Kier molecular flexibility index (Phi) is 3.15. The molecule has 4 rings (SSSR count). The Morgan fingerprint density at radius 3 is 2.64 bits per heavy atom. The van der Waals surface area contributed by atoms with Gasteiger partial charge in [0.25, 0.3) is 5.56 Å². The normalized spacial score (nSPS) is 12.6. The van der Waals surface area contributed by atoms with Gasteiger partial charge in [-0.05, 0) is 24.1 Å². The topological polar surface area (TPSA) is 47.8 Å². The molecule has 0 fully saturated rings. The van der Waals surface area contributed by atoms with Crippen molar-refractivity contribution in [2.24, 2.45) is 0 Å². The van der Waals surface area contributed by atoms with Gasteiger partial charge in [-0.2, -0.15) is 10.1 Å². The summed E-state index contributed by atoms with van der Waals surface area (Å²) in [4.78, 5) is 16.7. The first-order valence-corrected chi connectivity index (χ1v) is 7.85. The quantitative estimate of drug-likeness (QED) is 0.674. The zero-order valence-electron chi connectivity index (χ0n) is 11.7. The molecule has 4 nitrogen and oxygen atoms in total. The van der Waals surface area contributed by atoms with E-state index in [-0.39, 0.29) is 5.56 Å². The molecule has 0 bridgehead atoms. The number of benzene rings is 2. The van der Waals surface area contributed by atoms with Crippen molar-refractivity contribution in [3.8, 4) is 22.6 Å². The van der Waals surface area contributed by atoms with E-state index < -0.39 is 0 Å². The molecule has 0 saturated carbocycles. The van der Waals surface area contributed by atoms with Crippen LogP contribution in [0.15, 0.2) is 57.8 Å². The van der Waals surface area contributed by atoms with E-state index >= 15 is 0 Å². The van der Waals surface area contributed by atoms with Gasteiger partial charge in [-0.25, -0.2) is 4.68 Å². The highest BCUT2D eigenvalue weighted by molar-refractivity contribution is 9.10. The smallest absolute Gasteiger partial charge is 0.265 e. The van der Waals surface area contributed by atoms with Gasteiger partial charge in [0.05, 0.1) is 0 Å². The summed E-state index contributed by atoms with van der Waals surface area (Å²) >= 11 is 3.40. The van der Waals surface area contributed by atoms with Crippen molar-refractivity contribution in [1.82, 2.24) is 14.8 Å². The van der Waals surface area contributed by atoms with E-state index in [0.717, 1.165) is 28.6 Å². The maximum absolute atomic E-state index is 12.4. The van der Waals surface area contributed by atoms with Crippen LogP contribution < -0.4 is 5.56 Å². The Hall–Kier alpha value is -2.27. The van der Waals surface area contributed by atoms with E-state index in [0.29, 0.717) is 11.5 Å². The van der Waals surface area contributed by atoms with Crippen molar-refractivity contribution >= 4 is 15.9 Å². The second-order valence-corrected chi connectivity index (χ2v) is 6.14. The number of hydrogen-bond donors (Lipinski definition) is 0. The van der Waals surface area contributed by atoms with Gasteiger partial charge in [0.2, 0.25) is 0 Å². The number of fused-ring (bicyclic) bond motifs is 3. The van der Waals surface area contributed by atoms with E-state index in [2.05, 4.69) is 32.1 Å². The van der Waals surface area contributed by atoms with Crippen LogP contribution in [0.5, 0.6) is 0 Å². The number of rotatable bonds is 1. The Morgan fingerprint density at radius 2 is 1.82 bits per heavy atom. The maximum Gasteiger partial charge on any atom is 0.300 e. The van der Waals surface area contributed by atoms with Crippen LogP contribution in [0.3, 0.4) is 0 Å². The zero-order valence-corrected chi connectivity index (χ0v) is 13.2. The highest BCUT2D eigenvalue weighted by atomic mass is 79.9. The zero-order chi connectivity index (χ0) is 15.1. The third kappa shape index (κ3) is 2.18. The standard InChI is InChI=1S/C17H12BrN3O/c18-13-7-5-12(6-8-13)15-17(22)19-16-14-4-2-1-3-11(14)9-10-21(16)20-15/h1-8H,9-10H2. The molecule has 0 atom stereocenters. The molecule has 0 amide bonds. The summed E-state index contributed by atoms with van der Waals surface area (Å²) in [5, 5.41) is 4.54. The molecule has 0 radical (unpaired) electrons. The van der Waals surface area contributed by atoms with Crippen LogP contribution in [0.1, 0.15) is 5.56 Å². The first-order valence-electron chi connectivity index (χ1n) is 7.06. The summed E-state index contributed by atoms with van der Waals surface area (Å²) in [7, 11) is 0. The molecule has 2 aromatic carbocycles. The van der Waals surface area contributed by atoms with Crippen molar-refractivity contribution in [2.75, 3.05) is 0 Å².